The van der Waals surface area contributed by atoms with Crippen LogP contribution >= 0.6 is 27.3 Å². The van der Waals surface area contributed by atoms with E-state index in [1.165, 1.54) is 4.88 Å². The molecule has 0 aromatic carbocycles. The molecule has 2 heterocycles. The first kappa shape index (κ1) is 20.3. The van der Waals surface area contributed by atoms with Crippen LogP contribution in [0.25, 0.3) is 10.2 Å². The zero-order valence-corrected chi connectivity index (χ0v) is 18.5. The van der Waals surface area contributed by atoms with Crippen LogP contribution in [0, 0.1) is 24.2 Å². The van der Waals surface area contributed by atoms with E-state index in [1.807, 2.05) is 6.92 Å². The van der Waals surface area contributed by atoms with E-state index in [-0.39, 0.29) is 0 Å². The van der Waals surface area contributed by atoms with Gasteiger partial charge in [0.1, 0.15) is 5.52 Å². The summed E-state index contributed by atoms with van der Waals surface area (Å²) in [4.78, 5) is 13.0. The highest BCUT2D eigenvalue weighted by molar-refractivity contribution is 9.10. The van der Waals surface area contributed by atoms with Crippen LogP contribution in [0.2, 0.25) is 0 Å². The van der Waals surface area contributed by atoms with Gasteiger partial charge in [-0.1, -0.05) is 0 Å². The van der Waals surface area contributed by atoms with E-state index in [0.717, 1.165) is 59.5 Å². The molecule has 1 aliphatic carbocycles. The quantitative estimate of drug-likeness (QED) is 0.555. The summed E-state index contributed by atoms with van der Waals surface area (Å²) in [5.41, 5.74) is 0.967. The summed E-state index contributed by atoms with van der Waals surface area (Å²) in [6.45, 7) is 6.51. The van der Waals surface area contributed by atoms with Crippen LogP contribution in [0.1, 0.15) is 37.5 Å². The van der Waals surface area contributed by atoms with Crippen molar-refractivity contribution in [3.05, 3.63) is 9.35 Å². The molecule has 0 saturated heterocycles. The van der Waals surface area contributed by atoms with E-state index in [9.17, 15) is 0 Å². The van der Waals surface area contributed by atoms with Crippen LogP contribution in [-0.2, 0) is 4.74 Å². The fourth-order valence-electron chi connectivity index (χ4n) is 3.36. The molecule has 1 aliphatic rings. The number of rotatable bonds is 9. The third-order valence-corrected chi connectivity index (χ3v) is 7.24. The maximum Gasteiger partial charge on any atom is 0.225 e. The lowest BCUT2D eigenvalue weighted by molar-refractivity contribution is 0.146. The van der Waals surface area contributed by atoms with Gasteiger partial charge in [-0.3, -0.25) is 0 Å². The summed E-state index contributed by atoms with van der Waals surface area (Å²) < 4.78 is 7.62. The Balaban J connectivity index is 1.79. The fraction of sp³-hybridized carbons (Fsp3) is 0.632. The number of thiophene rings is 1. The van der Waals surface area contributed by atoms with Gasteiger partial charge < -0.3 is 15.0 Å². The van der Waals surface area contributed by atoms with Crippen molar-refractivity contribution in [3.63, 3.8) is 0 Å². The maximum atomic E-state index is 8.82. The van der Waals surface area contributed by atoms with Crippen molar-refractivity contribution >= 4 is 49.2 Å². The molecule has 0 radical (unpaired) electrons. The molecule has 146 valence electrons. The molecule has 0 spiro atoms. The van der Waals surface area contributed by atoms with E-state index in [4.69, 9.17) is 20.0 Å². The summed E-state index contributed by atoms with van der Waals surface area (Å²) in [6.07, 6.45) is 3.63. The second kappa shape index (κ2) is 9.18. The number of anilines is 2. The van der Waals surface area contributed by atoms with Crippen molar-refractivity contribution in [2.45, 2.75) is 45.6 Å². The van der Waals surface area contributed by atoms with Crippen LogP contribution in [-0.4, -0.2) is 42.8 Å². The van der Waals surface area contributed by atoms with Crippen molar-refractivity contribution in [2.75, 3.05) is 37.0 Å². The monoisotopic (exact) mass is 451 g/mol. The Bertz CT molecular complexity index is 828. The normalized spacial score (nSPS) is 18.9. The van der Waals surface area contributed by atoms with Gasteiger partial charge in [-0.2, -0.15) is 10.2 Å². The molecular formula is C19H26BrN5OS. The molecule has 0 aliphatic heterocycles. The van der Waals surface area contributed by atoms with E-state index >= 15 is 0 Å². The highest BCUT2D eigenvalue weighted by atomic mass is 79.9. The van der Waals surface area contributed by atoms with Gasteiger partial charge in [-0.15, -0.1) is 11.3 Å². The molecular weight excluding hydrogens is 426 g/mol. The smallest absolute Gasteiger partial charge is 0.225 e. The maximum absolute atomic E-state index is 8.82. The third-order valence-electron chi connectivity index (χ3n) is 4.92. The lowest BCUT2D eigenvalue weighted by Crippen LogP contribution is -2.36. The van der Waals surface area contributed by atoms with Gasteiger partial charge in [-0.25, -0.2) is 4.98 Å². The fourth-order valence-corrected chi connectivity index (χ4v) is 5.05. The molecule has 27 heavy (non-hydrogen) atoms. The second-order valence-electron chi connectivity index (χ2n) is 7.03. The van der Waals surface area contributed by atoms with Gasteiger partial charge in [0.25, 0.3) is 0 Å². The van der Waals surface area contributed by atoms with E-state index in [0.29, 0.717) is 24.3 Å². The van der Waals surface area contributed by atoms with Gasteiger partial charge in [0.2, 0.25) is 5.95 Å². The van der Waals surface area contributed by atoms with Crippen LogP contribution in [0.15, 0.2) is 4.47 Å². The van der Waals surface area contributed by atoms with Gasteiger partial charge in [0.15, 0.2) is 5.82 Å². The second-order valence-corrected chi connectivity index (χ2v) is 9.05. The number of hydrogen-bond acceptors (Lipinski definition) is 7. The van der Waals surface area contributed by atoms with Crippen LogP contribution in [0.5, 0.6) is 0 Å². The first-order valence-electron chi connectivity index (χ1n) is 9.42. The number of aryl methyl sites for hydroxylation is 1. The molecule has 1 fully saturated rings. The summed E-state index contributed by atoms with van der Waals surface area (Å²) in [5.74, 6) is 2.14. The Morgan fingerprint density at radius 1 is 1.41 bits per heavy atom. The number of nitrogens with zero attached hydrogens (tertiary/aromatic N) is 4. The van der Waals surface area contributed by atoms with Gasteiger partial charge in [0, 0.05) is 44.1 Å². The number of hydrogen-bond donors (Lipinski definition) is 1. The SMILES string of the molecule is CCOCCCN(C)c1nc(NC2CC(CC#N)C2)nc2c(Br)c(C)sc12. The minimum absolute atomic E-state index is 0.357. The summed E-state index contributed by atoms with van der Waals surface area (Å²) in [5, 5.41) is 12.3. The lowest BCUT2D eigenvalue weighted by Gasteiger charge is -2.34. The van der Waals surface area contributed by atoms with Gasteiger partial charge in [-0.05, 0) is 55.0 Å². The number of nitriles is 1. The minimum atomic E-state index is 0.357. The molecule has 2 aromatic rings. The first-order chi connectivity index (χ1) is 13.0. The van der Waals surface area contributed by atoms with Gasteiger partial charge in [0.05, 0.1) is 15.2 Å². The van der Waals surface area contributed by atoms with Crippen molar-refractivity contribution in [1.29, 1.82) is 5.26 Å². The Morgan fingerprint density at radius 2 is 2.19 bits per heavy atom. The Labute approximate surface area is 173 Å². The van der Waals surface area contributed by atoms with E-state index in [2.05, 4.69) is 46.2 Å². The molecule has 3 rings (SSSR count). The average Bonchev–Trinajstić information content (AvgIpc) is 2.91. The molecule has 6 nitrogen and oxygen atoms in total. The molecule has 0 bridgehead atoms. The predicted molar refractivity (Wildman–Crippen MR) is 115 cm³/mol. The highest BCUT2D eigenvalue weighted by Crippen LogP contribution is 2.39. The molecule has 0 amide bonds. The van der Waals surface area contributed by atoms with Crippen molar-refractivity contribution < 1.29 is 4.74 Å². The Kier molecular flexibility index (Phi) is 6.90. The summed E-state index contributed by atoms with van der Waals surface area (Å²) in [6, 6.07) is 2.62. The topological polar surface area (TPSA) is 74.1 Å². The number of halogens is 1. The first-order valence-corrected chi connectivity index (χ1v) is 11.0. The predicted octanol–water partition coefficient (Wildman–Crippen LogP) is 4.73. The zero-order chi connectivity index (χ0) is 19.4. The van der Waals surface area contributed by atoms with Crippen molar-refractivity contribution in [1.82, 2.24) is 9.97 Å². The zero-order valence-electron chi connectivity index (χ0n) is 16.1. The molecule has 0 atom stereocenters. The Hall–Kier alpha value is -1.43. The largest absolute Gasteiger partial charge is 0.382 e. The molecule has 8 heteroatoms. The Morgan fingerprint density at radius 3 is 2.89 bits per heavy atom. The average molecular weight is 452 g/mol. The van der Waals surface area contributed by atoms with Crippen molar-refractivity contribution in [2.24, 2.45) is 5.92 Å². The highest BCUT2D eigenvalue weighted by Gasteiger charge is 2.29. The van der Waals surface area contributed by atoms with E-state index in [1.54, 1.807) is 11.3 Å². The summed E-state index contributed by atoms with van der Waals surface area (Å²) in [7, 11) is 2.08. The molecule has 0 unspecified atom stereocenters. The number of aromatic nitrogens is 2. The lowest BCUT2D eigenvalue weighted by atomic mass is 9.78. The molecule has 2 aromatic heterocycles. The molecule has 1 N–H and O–H groups in total. The van der Waals surface area contributed by atoms with Gasteiger partial charge >= 0.3 is 0 Å². The third kappa shape index (κ3) is 4.71. The summed E-state index contributed by atoms with van der Waals surface area (Å²) >= 11 is 5.41. The number of nitrogens with one attached hydrogen (secondary N) is 1. The van der Waals surface area contributed by atoms with E-state index < -0.39 is 0 Å². The van der Waals surface area contributed by atoms with Crippen molar-refractivity contribution in [3.8, 4) is 6.07 Å². The molecule has 1 saturated carbocycles. The van der Waals surface area contributed by atoms with Crippen LogP contribution in [0.4, 0.5) is 11.8 Å². The van der Waals surface area contributed by atoms with Crippen LogP contribution < -0.4 is 10.2 Å². The standard InChI is InChI=1S/C19H26BrN5OS/c1-4-26-9-5-8-25(3)18-17-16(15(20)12(2)27-17)23-19(24-18)22-14-10-13(11-14)6-7-21/h13-14H,4-6,8-11H2,1-3H3,(H,22,23,24). The minimum Gasteiger partial charge on any atom is -0.382 e. The number of ether oxygens (including phenoxy) is 1. The van der Waals surface area contributed by atoms with Crippen LogP contribution in [0.3, 0.4) is 0 Å². The number of fused-ring (bicyclic) bond motifs is 1.